The average molecular weight is 288 g/mol. The first-order chi connectivity index (χ1) is 9.95. The zero-order chi connectivity index (χ0) is 15.4. The van der Waals surface area contributed by atoms with Gasteiger partial charge in [-0.1, -0.05) is 0 Å². The minimum Gasteiger partial charge on any atom is -0.502 e. The number of nitrogens with one attached hydrogen (secondary N) is 1. The Hall–Kier alpha value is -3.09. The summed E-state index contributed by atoms with van der Waals surface area (Å²) < 4.78 is 5.46. The van der Waals surface area contributed by atoms with Gasteiger partial charge in [0.15, 0.2) is 5.75 Å². The molecular formula is C14H12N2O5. The molecule has 0 saturated carbocycles. The topological polar surface area (TPSA) is 102 Å². The van der Waals surface area contributed by atoms with Gasteiger partial charge in [0.25, 0.3) is 0 Å². The summed E-state index contributed by atoms with van der Waals surface area (Å²) in [6.07, 6.45) is 0. The van der Waals surface area contributed by atoms with Gasteiger partial charge < -0.3 is 15.2 Å². The molecule has 0 unspecified atom stereocenters. The standard InChI is InChI=1S/C14H12N2O5/c1-9(17)15-10-2-4-11(5-3-10)21-12-6-7-13(16(19)20)14(18)8-12/h2-8,18H,1H3,(H,15,17). The number of hydrogen-bond donors (Lipinski definition) is 2. The van der Waals surface area contributed by atoms with E-state index in [1.165, 1.54) is 19.1 Å². The van der Waals surface area contributed by atoms with E-state index in [1.54, 1.807) is 24.3 Å². The van der Waals surface area contributed by atoms with E-state index < -0.39 is 10.7 Å². The van der Waals surface area contributed by atoms with Crippen LogP contribution >= 0.6 is 0 Å². The van der Waals surface area contributed by atoms with Gasteiger partial charge in [-0.3, -0.25) is 14.9 Å². The Balaban J connectivity index is 2.13. The third-order valence-electron chi connectivity index (χ3n) is 2.55. The van der Waals surface area contributed by atoms with Crippen molar-refractivity contribution in [2.24, 2.45) is 0 Å². The fourth-order valence-electron chi connectivity index (χ4n) is 1.67. The number of nitrogens with zero attached hydrogens (tertiary/aromatic N) is 1. The van der Waals surface area contributed by atoms with Crippen molar-refractivity contribution in [2.75, 3.05) is 5.32 Å². The SMILES string of the molecule is CC(=O)Nc1ccc(Oc2ccc([N+](=O)[O-])c(O)c2)cc1. The van der Waals surface area contributed by atoms with Gasteiger partial charge >= 0.3 is 5.69 Å². The van der Waals surface area contributed by atoms with Crippen molar-refractivity contribution in [2.45, 2.75) is 6.92 Å². The number of hydrogen-bond acceptors (Lipinski definition) is 5. The van der Waals surface area contributed by atoms with Gasteiger partial charge in [-0.05, 0) is 30.3 Å². The van der Waals surface area contributed by atoms with Crippen molar-refractivity contribution < 1.29 is 19.6 Å². The van der Waals surface area contributed by atoms with Gasteiger partial charge in [0, 0.05) is 24.7 Å². The summed E-state index contributed by atoms with van der Waals surface area (Å²) >= 11 is 0. The highest BCUT2D eigenvalue weighted by molar-refractivity contribution is 5.88. The van der Waals surface area contributed by atoms with Crippen LogP contribution < -0.4 is 10.1 Å². The van der Waals surface area contributed by atoms with Crippen molar-refractivity contribution >= 4 is 17.3 Å². The minimum atomic E-state index is -0.679. The lowest BCUT2D eigenvalue weighted by atomic mass is 10.2. The van der Waals surface area contributed by atoms with Crippen molar-refractivity contribution in [1.82, 2.24) is 0 Å². The van der Waals surface area contributed by atoms with E-state index in [1.807, 2.05) is 0 Å². The zero-order valence-electron chi connectivity index (χ0n) is 11.1. The zero-order valence-corrected chi connectivity index (χ0v) is 11.1. The number of anilines is 1. The van der Waals surface area contributed by atoms with E-state index in [4.69, 9.17) is 4.74 Å². The molecule has 2 aromatic rings. The minimum absolute atomic E-state index is 0.177. The van der Waals surface area contributed by atoms with Crippen LogP contribution in [-0.4, -0.2) is 15.9 Å². The normalized spacial score (nSPS) is 9.95. The summed E-state index contributed by atoms with van der Waals surface area (Å²) in [7, 11) is 0. The predicted molar refractivity (Wildman–Crippen MR) is 75.6 cm³/mol. The van der Waals surface area contributed by atoms with Crippen LogP contribution in [0.25, 0.3) is 0 Å². The molecule has 0 atom stereocenters. The predicted octanol–water partition coefficient (Wildman–Crippen LogP) is 3.05. The summed E-state index contributed by atoms with van der Waals surface area (Å²) in [6, 6.07) is 10.3. The quantitative estimate of drug-likeness (QED) is 0.665. The molecule has 0 bridgehead atoms. The number of rotatable bonds is 4. The van der Waals surface area contributed by atoms with E-state index in [2.05, 4.69) is 5.32 Å². The molecule has 0 radical (unpaired) electrons. The first-order valence-electron chi connectivity index (χ1n) is 5.98. The second kappa shape index (κ2) is 5.91. The van der Waals surface area contributed by atoms with Crippen molar-refractivity contribution in [3.8, 4) is 17.2 Å². The maximum Gasteiger partial charge on any atom is 0.310 e. The summed E-state index contributed by atoms with van der Waals surface area (Å²) in [5.41, 5.74) is 0.241. The molecule has 7 heteroatoms. The van der Waals surface area contributed by atoms with Crippen LogP contribution in [-0.2, 0) is 4.79 Å². The Morgan fingerprint density at radius 3 is 2.33 bits per heavy atom. The molecule has 0 aliphatic carbocycles. The van der Waals surface area contributed by atoms with Crippen LogP contribution in [0.3, 0.4) is 0 Å². The monoisotopic (exact) mass is 288 g/mol. The Morgan fingerprint density at radius 1 is 1.19 bits per heavy atom. The van der Waals surface area contributed by atoms with Gasteiger partial charge in [-0.2, -0.15) is 0 Å². The van der Waals surface area contributed by atoms with E-state index in [9.17, 15) is 20.0 Å². The number of carbonyl (C=O) groups excluding carboxylic acids is 1. The van der Waals surface area contributed by atoms with E-state index in [-0.39, 0.29) is 17.3 Å². The molecule has 0 aliphatic heterocycles. The highest BCUT2D eigenvalue weighted by atomic mass is 16.6. The first-order valence-corrected chi connectivity index (χ1v) is 5.98. The summed E-state index contributed by atoms with van der Waals surface area (Å²) in [5, 5.41) is 22.7. The smallest absolute Gasteiger partial charge is 0.310 e. The Labute approximate surface area is 119 Å². The second-order valence-electron chi connectivity index (χ2n) is 4.22. The Kier molecular flexibility index (Phi) is 4.03. The molecule has 0 fully saturated rings. The van der Waals surface area contributed by atoms with E-state index in [0.717, 1.165) is 6.07 Å². The number of ether oxygens (including phenoxy) is 1. The van der Waals surface area contributed by atoms with Crippen molar-refractivity contribution in [3.05, 3.63) is 52.6 Å². The van der Waals surface area contributed by atoms with Crippen LogP contribution in [0.1, 0.15) is 6.92 Å². The highest BCUT2D eigenvalue weighted by Gasteiger charge is 2.13. The molecule has 108 valence electrons. The van der Waals surface area contributed by atoms with Crippen LogP contribution in [0.2, 0.25) is 0 Å². The van der Waals surface area contributed by atoms with Gasteiger partial charge in [0.2, 0.25) is 5.91 Å². The Bertz CT molecular complexity index is 682. The number of nitro groups is 1. The molecule has 0 heterocycles. The third-order valence-corrected chi connectivity index (χ3v) is 2.55. The molecule has 2 N–H and O–H groups in total. The number of amides is 1. The molecule has 0 aromatic heterocycles. The third kappa shape index (κ3) is 3.69. The first kappa shape index (κ1) is 14.3. The lowest BCUT2D eigenvalue weighted by Gasteiger charge is -2.07. The Morgan fingerprint density at radius 2 is 1.81 bits per heavy atom. The van der Waals surface area contributed by atoms with Crippen LogP contribution in [0, 0.1) is 10.1 Å². The molecule has 0 spiro atoms. The molecule has 2 aromatic carbocycles. The molecule has 0 aliphatic rings. The summed E-state index contributed by atoms with van der Waals surface area (Å²) in [6.45, 7) is 1.41. The van der Waals surface area contributed by atoms with Gasteiger partial charge in [0.1, 0.15) is 11.5 Å². The molecule has 7 nitrogen and oxygen atoms in total. The summed E-state index contributed by atoms with van der Waals surface area (Å²) in [4.78, 5) is 20.8. The van der Waals surface area contributed by atoms with Crippen LogP contribution in [0.4, 0.5) is 11.4 Å². The van der Waals surface area contributed by atoms with E-state index in [0.29, 0.717) is 11.4 Å². The van der Waals surface area contributed by atoms with Gasteiger partial charge in [-0.25, -0.2) is 0 Å². The maximum absolute atomic E-state index is 10.9. The number of aromatic hydroxyl groups is 1. The summed E-state index contributed by atoms with van der Waals surface area (Å²) in [5.74, 6) is 0.0964. The number of phenolic OH excluding ortho intramolecular Hbond substituents is 1. The van der Waals surface area contributed by atoms with Crippen molar-refractivity contribution in [3.63, 3.8) is 0 Å². The van der Waals surface area contributed by atoms with Gasteiger partial charge in [-0.15, -0.1) is 0 Å². The lowest BCUT2D eigenvalue weighted by molar-refractivity contribution is -0.385. The second-order valence-corrected chi connectivity index (χ2v) is 4.22. The number of phenols is 1. The molecule has 21 heavy (non-hydrogen) atoms. The van der Waals surface area contributed by atoms with Crippen LogP contribution in [0.5, 0.6) is 17.2 Å². The van der Waals surface area contributed by atoms with Gasteiger partial charge in [0.05, 0.1) is 4.92 Å². The molecule has 1 amide bonds. The molecular weight excluding hydrogens is 276 g/mol. The molecule has 0 saturated heterocycles. The average Bonchev–Trinajstić information content (AvgIpc) is 2.40. The molecule has 2 rings (SSSR count). The highest BCUT2D eigenvalue weighted by Crippen LogP contribution is 2.32. The largest absolute Gasteiger partial charge is 0.502 e. The number of carbonyl (C=O) groups is 1. The maximum atomic E-state index is 10.9. The fourth-order valence-corrected chi connectivity index (χ4v) is 1.67. The fraction of sp³-hybridized carbons (Fsp3) is 0.0714. The lowest BCUT2D eigenvalue weighted by Crippen LogP contribution is -2.05. The van der Waals surface area contributed by atoms with Crippen LogP contribution in [0.15, 0.2) is 42.5 Å². The number of benzene rings is 2. The number of nitro benzene ring substituents is 1. The van der Waals surface area contributed by atoms with E-state index >= 15 is 0 Å². The van der Waals surface area contributed by atoms with Crippen molar-refractivity contribution in [1.29, 1.82) is 0 Å².